The molecule has 1 heterocycles. The molecule has 0 aromatic heterocycles. The predicted octanol–water partition coefficient (Wildman–Crippen LogP) is 3.46. The van der Waals surface area contributed by atoms with Crippen molar-refractivity contribution < 1.29 is 13.9 Å². The molecule has 2 aromatic rings. The number of fused-ring (bicyclic) bond motifs is 1. The normalized spacial score (nSPS) is 16.8. The van der Waals surface area contributed by atoms with Crippen LogP contribution in [-0.4, -0.2) is 31.0 Å². The van der Waals surface area contributed by atoms with Crippen LogP contribution in [0.2, 0.25) is 0 Å². The number of methoxy groups -OCH3 is 1. The molecule has 138 valence electrons. The highest BCUT2D eigenvalue weighted by atomic mass is 19.1. The summed E-state index contributed by atoms with van der Waals surface area (Å²) in [6.45, 7) is 4.07. The number of nitrogens with one attached hydrogen (secondary N) is 1. The molecular formula is C21H25FN2O2. The first-order valence-corrected chi connectivity index (χ1v) is 8.99. The highest BCUT2D eigenvalue weighted by molar-refractivity contribution is 5.76. The smallest absolute Gasteiger partial charge is 0.221 e. The number of benzene rings is 2. The number of ether oxygens (including phenoxy) is 1. The highest BCUT2D eigenvalue weighted by Gasteiger charge is 2.24. The van der Waals surface area contributed by atoms with Gasteiger partial charge in [-0.2, -0.15) is 0 Å². The van der Waals surface area contributed by atoms with Gasteiger partial charge in [0.1, 0.15) is 11.6 Å². The van der Waals surface area contributed by atoms with Gasteiger partial charge in [0.2, 0.25) is 5.91 Å². The zero-order chi connectivity index (χ0) is 18.5. The van der Waals surface area contributed by atoms with Crippen molar-refractivity contribution in [3.63, 3.8) is 0 Å². The maximum Gasteiger partial charge on any atom is 0.221 e. The zero-order valence-electron chi connectivity index (χ0n) is 15.3. The monoisotopic (exact) mass is 356 g/mol. The van der Waals surface area contributed by atoms with Crippen LogP contribution in [0.25, 0.3) is 0 Å². The second kappa shape index (κ2) is 8.32. The second-order valence-corrected chi connectivity index (χ2v) is 6.64. The quantitative estimate of drug-likeness (QED) is 0.862. The lowest BCUT2D eigenvalue weighted by Crippen LogP contribution is -2.37. The van der Waals surface area contributed by atoms with Gasteiger partial charge in [0.15, 0.2) is 0 Å². The van der Waals surface area contributed by atoms with Gasteiger partial charge >= 0.3 is 0 Å². The molecule has 1 aliphatic heterocycles. The molecule has 1 N–H and O–H groups in total. The fourth-order valence-corrected chi connectivity index (χ4v) is 3.52. The molecule has 0 fully saturated rings. The Labute approximate surface area is 154 Å². The van der Waals surface area contributed by atoms with Gasteiger partial charge in [-0.15, -0.1) is 0 Å². The van der Waals surface area contributed by atoms with Crippen molar-refractivity contribution in [3.05, 3.63) is 65.0 Å². The number of halogens is 1. The Morgan fingerprint density at radius 3 is 2.92 bits per heavy atom. The highest BCUT2D eigenvalue weighted by Crippen LogP contribution is 2.29. The average molecular weight is 356 g/mol. The van der Waals surface area contributed by atoms with E-state index in [9.17, 15) is 9.18 Å². The first kappa shape index (κ1) is 18.4. The van der Waals surface area contributed by atoms with Crippen molar-refractivity contribution in [2.45, 2.75) is 32.4 Å². The Morgan fingerprint density at radius 1 is 1.31 bits per heavy atom. The first-order valence-electron chi connectivity index (χ1n) is 8.99. The SMILES string of the molecule is COc1ccccc1CNC(=O)CCN1CCc2ccc(F)cc2[C@@H]1C. The van der Waals surface area contributed by atoms with Gasteiger partial charge < -0.3 is 10.1 Å². The van der Waals surface area contributed by atoms with Crippen LogP contribution in [0.3, 0.4) is 0 Å². The van der Waals surface area contributed by atoms with E-state index in [1.165, 1.54) is 11.6 Å². The van der Waals surface area contributed by atoms with Crippen LogP contribution in [0.4, 0.5) is 4.39 Å². The molecule has 4 nitrogen and oxygen atoms in total. The van der Waals surface area contributed by atoms with Gasteiger partial charge in [-0.3, -0.25) is 9.69 Å². The Balaban J connectivity index is 1.52. The molecule has 26 heavy (non-hydrogen) atoms. The molecule has 1 atom stereocenters. The van der Waals surface area contributed by atoms with Crippen molar-refractivity contribution in [1.82, 2.24) is 10.2 Å². The summed E-state index contributed by atoms with van der Waals surface area (Å²) in [6.07, 6.45) is 1.31. The van der Waals surface area contributed by atoms with Crippen molar-refractivity contribution in [3.8, 4) is 5.75 Å². The number of para-hydroxylation sites is 1. The van der Waals surface area contributed by atoms with Crippen LogP contribution in [0.5, 0.6) is 5.75 Å². The third-order valence-corrected chi connectivity index (χ3v) is 5.07. The molecular weight excluding hydrogens is 331 g/mol. The molecule has 1 amide bonds. The molecule has 0 unspecified atom stereocenters. The molecule has 3 rings (SSSR count). The number of nitrogens with zero attached hydrogens (tertiary/aromatic N) is 1. The van der Waals surface area contributed by atoms with Gasteiger partial charge in [0.25, 0.3) is 0 Å². The van der Waals surface area contributed by atoms with Gasteiger partial charge in [0.05, 0.1) is 7.11 Å². The molecule has 0 radical (unpaired) electrons. The van der Waals surface area contributed by atoms with Crippen LogP contribution < -0.4 is 10.1 Å². The molecule has 5 heteroatoms. The fourth-order valence-electron chi connectivity index (χ4n) is 3.52. The van der Waals surface area contributed by atoms with Gasteiger partial charge in [-0.1, -0.05) is 24.3 Å². The lowest BCUT2D eigenvalue weighted by atomic mass is 9.93. The minimum atomic E-state index is -0.202. The van der Waals surface area contributed by atoms with Crippen LogP contribution in [-0.2, 0) is 17.8 Å². The molecule has 2 aromatic carbocycles. The van der Waals surface area contributed by atoms with Crippen molar-refractivity contribution in [1.29, 1.82) is 0 Å². The molecule has 0 saturated heterocycles. The number of amides is 1. The Morgan fingerprint density at radius 2 is 2.12 bits per heavy atom. The summed E-state index contributed by atoms with van der Waals surface area (Å²) in [7, 11) is 1.62. The van der Waals surface area contributed by atoms with Crippen LogP contribution in [0.1, 0.15) is 36.1 Å². The van der Waals surface area contributed by atoms with Crippen molar-refractivity contribution >= 4 is 5.91 Å². The van der Waals surface area contributed by atoms with Gasteiger partial charge in [-0.05, 0) is 42.7 Å². The topological polar surface area (TPSA) is 41.6 Å². The van der Waals surface area contributed by atoms with E-state index in [4.69, 9.17) is 4.74 Å². The van der Waals surface area contributed by atoms with E-state index in [2.05, 4.69) is 17.1 Å². The standard InChI is InChI=1S/C21H25FN2O2/c1-15-19-13-18(22)8-7-16(19)9-11-24(15)12-10-21(25)23-14-17-5-3-4-6-20(17)26-2/h3-8,13,15H,9-12,14H2,1-2H3,(H,23,25)/t15-/m0/s1. The van der Waals surface area contributed by atoms with E-state index in [0.29, 0.717) is 19.5 Å². The van der Waals surface area contributed by atoms with E-state index >= 15 is 0 Å². The maximum absolute atomic E-state index is 13.5. The molecule has 0 bridgehead atoms. The van der Waals surface area contributed by atoms with Crippen LogP contribution in [0, 0.1) is 5.82 Å². The number of carbonyl (C=O) groups excluding carboxylic acids is 1. The number of carbonyl (C=O) groups is 1. The molecule has 1 aliphatic rings. The van der Waals surface area contributed by atoms with E-state index in [1.54, 1.807) is 13.2 Å². The summed E-state index contributed by atoms with van der Waals surface area (Å²) >= 11 is 0. The second-order valence-electron chi connectivity index (χ2n) is 6.64. The lowest BCUT2D eigenvalue weighted by molar-refractivity contribution is -0.121. The first-order chi connectivity index (χ1) is 12.6. The fraction of sp³-hybridized carbons (Fsp3) is 0.381. The maximum atomic E-state index is 13.5. The van der Waals surface area contributed by atoms with E-state index in [-0.39, 0.29) is 17.8 Å². The van der Waals surface area contributed by atoms with E-state index in [0.717, 1.165) is 29.8 Å². The van der Waals surface area contributed by atoms with E-state index < -0.39 is 0 Å². The number of rotatable bonds is 6. The minimum absolute atomic E-state index is 0.00754. The Bertz CT molecular complexity index is 778. The Kier molecular flexibility index (Phi) is 5.89. The molecule has 0 saturated carbocycles. The third-order valence-electron chi connectivity index (χ3n) is 5.07. The number of hydrogen-bond donors (Lipinski definition) is 1. The predicted molar refractivity (Wildman–Crippen MR) is 99.5 cm³/mol. The summed E-state index contributed by atoms with van der Waals surface area (Å²) in [5.41, 5.74) is 3.19. The summed E-state index contributed by atoms with van der Waals surface area (Å²) in [5, 5.41) is 2.95. The molecule has 0 aliphatic carbocycles. The summed E-state index contributed by atoms with van der Waals surface area (Å²) < 4.78 is 18.8. The van der Waals surface area contributed by atoms with E-state index in [1.807, 2.05) is 30.3 Å². The average Bonchev–Trinajstić information content (AvgIpc) is 2.66. The minimum Gasteiger partial charge on any atom is -0.496 e. The van der Waals surface area contributed by atoms with Gasteiger partial charge in [-0.25, -0.2) is 4.39 Å². The summed E-state index contributed by atoms with van der Waals surface area (Å²) in [4.78, 5) is 14.5. The van der Waals surface area contributed by atoms with Crippen molar-refractivity contribution in [2.24, 2.45) is 0 Å². The third kappa shape index (κ3) is 4.22. The van der Waals surface area contributed by atoms with Crippen LogP contribution >= 0.6 is 0 Å². The summed E-state index contributed by atoms with van der Waals surface area (Å²) in [6, 6.07) is 12.8. The summed E-state index contributed by atoms with van der Waals surface area (Å²) in [5.74, 6) is 0.580. The van der Waals surface area contributed by atoms with Gasteiger partial charge in [0, 0.05) is 37.7 Å². The zero-order valence-corrected chi connectivity index (χ0v) is 15.3. The molecule has 0 spiro atoms. The largest absolute Gasteiger partial charge is 0.496 e. The van der Waals surface area contributed by atoms with Crippen molar-refractivity contribution in [2.75, 3.05) is 20.2 Å². The number of hydrogen-bond acceptors (Lipinski definition) is 3. The van der Waals surface area contributed by atoms with Crippen LogP contribution in [0.15, 0.2) is 42.5 Å². The Hall–Kier alpha value is -2.40. The lowest BCUT2D eigenvalue weighted by Gasteiger charge is -2.35.